The van der Waals surface area contributed by atoms with Crippen molar-refractivity contribution in [1.82, 2.24) is 9.55 Å². The van der Waals surface area contributed by atoms with E-state index in [-0.39, 0.29) is 0 Å². The van der Waals surface area contributed by atoms with Gasteiger partial charge in [-0.1, -0.05) is 12.6 Å². The molecule has 2 nitrogen and oxygen atoms in total. The zero-order valence-corrected chi connectivity index (χ0v) is 8.85. The van der Waals surface area contributed by atoms with Gasteiger partial charge in [0.15, 0.2) is 0 Å². The fourth-order valence-corrected chi connectivity index (χ4v) is 1.65. The highest BCUT2D eigenvalue weighted by molar-refractivity contribution is 5.63. The maximum Gasteiger partial charge on any atom is 0.0717 e. The van der Waals surface area contributed by atoms with Crippen molar-refractivity contribution in [2.24, 2.45) is 0 Å². The first-order chi connectivity index (χ1) is 7.35. The summed E-state index contributed by atoms with van der Waals surface area (Å²) in [5, 5.41) is 0. The first-order valence-corrected chi connectivity index (χ1v) is 5.09. The van der Waals surface area contributed by atoms with Crippen molar-refractivity contribution in [3.63, 3.8) is 0 Å². The molecule has 0 aliphatic carbocycles. The zero-order chi connectivity index (χ0) is 10.7. The first-order valence-electron chi connectivity index (χ1n) is 5.09. The number of nitrogens with zero attached hydrogens (tertiary/aromatic N) is 2. The van der Waals surface area contributed by atoms with Crippen LogP contribution in [-0.4, -0.2) is 9.55 Å². The standard InChI is InChI=1S/C13H14N2/c1-3-12-9-11(10-15(12)4-2)13-7-5-6-8-14-13/h3,5-10H,1,4H2,2H3. The van der Waals surface area contributed by atoms with E-state index in [2.05, 4.69) is 35.3 Å². The van der Waals surface area contributed by atoms with E-state index in [1.165, 1.54) is 0 Å². The van der Waals surface area contributed by atoms with Crippen LogP contribution < -0.4 is 0 Å². The summed E-state index contributed by atoms with van der Waals surface area (Å²) in [5.41, 5.74) is 3.29. The Balaban J connectivity index is 2.46. The average Bonchev–Trinajstić information content (AvgIpc) is 2.73. The molecule has 0 aliphatic heterocycles. The summed E-state index contributed by atoms with van der Waals surface area (Å²) in [6.07, 6.45) is 5.79. The molecule has 0 unspecified atom stereocenters. The second-order valence-electron chi connectivity index (χ2n) is 3.36. The van der Waals surface area contributed by atoms with E-state index >= 15 is 0 Å². The molecule has 0 radical (unpaired) electrons. The molecule has 76 valence electrons. The van der Waals surface area contributed by atoms with Gasteiger partial charge >= 0.3 is 0 Å². The molecular weight excluding hydrogens is 184 g/mol. The number of hydrogen-bond acceptors (Lipinski definition) is 1. The molecule has 0 N–H and O–H groups in total. The molecule has 0 amide bonds. The van der Waals surface area contributed by atoms with Crippen LogP contribution in [0.5, 0.6) is 0 Å². The van der Waals surface area contributed by atoms with Crippen molar-refractivity contribution >= 4 is 6.08 Å². The van der Waals surface area contributed by atoms with Gasteiger partial charge in [-0.15, -0.1) is 0 Å². The molecule has 0 spiro atoms. The van der Waals surface area contributed by atoms with Crippen LogP contribution in [0.15, 0.2) is 43.2 Å². The summed E-state index contributed by atoms with van der Waals surface area (Å²) in [6.45, 7) is 6.88. The fraction of sp³-hybridized carbons (Fsp3) is 0.154. The maximum absolute atomic E-state index is 4.32. The van der Waals surface area contributed by atoms with Gasteiger partial charge in [-0.25, -0.2) is 0 Å². The largest absolute Gasteiger partial charge is 0.348 e. The Hall–Kier alpha value is -1.83. The van der Waals surface area contributed by atoms with Crippen LogP contribution in [0.2, 0.25) is 0 Å². The van der Waals surface area contributed by atoms with Crippen molar-refractivity contribution < 1.29 is 0 Å². The minimum atomic E-state index is 0.953. The van der Waals surface area contributed by atoms with Gasteiger partial charge in [0.05, 0.1) is 5.69 Å². The Kier molecular flexibility index (Phi) is 2.68. The lowest BCUT2D eigenvalue weighted by molar-refractivity contribution is 0.762. The second kappa shape index (κ2) is 4.13. The molecule has 0 saturated heterocycles. The van der Waals surface area contributed by atoms with Crippen molar-refractivity contribution in [3.05, 3.63) is 48.9 Å². The Morgan fingerprint density at radius 3 is 2.87 bits per heavy atom. The van der Waals surface area contributed by atoms with Crippen LogP contribution in [0.4, 0.5) is 0 Å². The van der Waals surface area contributed by atoms with Crippen LogP contribution >= 0.6 is 0 Å². The lowest BCUT2D eigenvalue weighted by atomic mass is 10.2. The molecule has 0 bridgehead atoms. The van der Waals surface area contributed by atoms with Gasteiger partial charge < -0.3 is 4.57 Å². The molecule has 0 aromatic carbocycles. The Bertz CT molecular complexity index is 455. The highest BCUT2D eigenvalue weighted by Gasteiger charge is 2.04. The molecule has 0 saturated carbocycles. The minimum Gasteiger partial charge on any atom is -0.348 e. The molecule has 2 aromatic heterocycles. The summed E-state index contributed by atoms with van der Waals surface area (Å²) in [6, 6.07) is 8.05. The number of rotatable bonds is 3. The quantitative estimate of drug-likeness (QED) is 0.740. The zero-order valence-electron chi connectivity index (χ0n) is 8.85. The predicted molar refractivity (Wildman–Crippen MR) is 63.4 cm³/mol. The van der Waals surface area contributed by atoms with E-state index in [0.29, 0.717) is 0 Å². The predicted octanol–water partition coefficient (Wildman–Crippen LogP) is 3.21. The summed E-state index contributed by atoms with van der Waals surface area (Å²) in [4.78, 5) is 4.32. The van der Waals surface area contributed by atoms with Gasteiger partial charge in [-0.3, -0.25) is 4.98 Å². The topological polar surface area (TPSA) is 17.8 Å². The maximum atomic E-state index is 4.32. The van der Waals surface area contributed by atoms with E-state index in [1.54, 1.807) is 0 Å². The third kappa shape index (κ3) is 1.84. The first kappa shape index (κ1) is 9.71. The normalized spacial score (nSPS) is 10.2. The molecule has 2 aromatic rings. The summed E-state index contributed by atoms with van der Waals surface area (Å²) in [7, 11) is 0. The highest BCUT2D eigenvalue weighted by atomic mass is 15.0. The molecule has 2 rings (SSSR count). The molecular formula is C13H14N2. The summed E-state index contributed by atoms with van der Waals surface area (Å²) in [5.74, 6) is 0. The lowest BCUT2D eigenvalue weighted by Gasteiger charge is -1.99. The Morgan fingerprint density at radius 1 is 1.47 bits per heavy atom. The van der Waals surface area contributed by atoms with Gasteiger partial charge in [0, 0.05) is 30.2 Å². The van der Waals surface area contributed by atoms with E-state index in [0.717, 1.165) is 23.5 Å². The lowest BCUT2D eigenvalue weighted by Crippen LogP contribution is -1.92. The smallest absolute Gasteiger partial charge is 0.0717 e. The summed E-state index contributed by atoms with van der Waals surface area (Å²) >= 11 is 0. The molecule has 0 aliphatic rings. The summed E-state index contributed by atoms with van der Waals surface area (Å²) < 4.78 is 2.16. The van der Waals surface area contributed by atoms with E-state index in [1.807, 2.05) is 30.5 Å². The van der Waals surface area contributed by atoms with Gasteiger partial charge in [0.2, 0.25) is 0 Å². The monoisotopic (exact) mass is 198 g/mol. The van der Waals surface area contributed by atoms with Gasteiger partial charge in [0.1, 0.15) is 0 Å². The second-order valence-corrected chi connectivity index (χ2v) is 3.36. The van der Waals surface area contributed by atoms with Crippen LogP contribution in [0.1, 0.15) is 12.6 Å². The van der Waals surface area contributed by atoms with Gasteiger partial charge in [0.25, 0.3) is 0 Å². The third-order valence-electron chi connectivity index (χ3n) is 2.44. The van der Waals surface area contributed by atoms with E-state index in [9.17, 15) is 0 Å². The van der Waals surface area contributed by atoms with Gasteiger partial charge in [-0.05, 0) is 31.2 Å². The fourth-order valence-electron chi connectivity index (χ4n) is 1.65. The molecule has 2 heterocycles. The average molecular weight is 198 g/mol. The molecule has 0 fully saturated rings. The van der Waals surface area contributed by atoms with E-state index in [4.69, 9.17) is 0 Å². The van der Waals surface area contributed by atoms with Crippen LogP contribution in [0, 0.1) is 0 Å². The molecule has 15 heavy (non-hydrogen) atoms. The SMILES string of the molecule is C=Cc1cc(-c2ccccn2)cn1CC. The van der Waals surface area contributed by atoms with Crippen molar-refractivity contribution in [1.29, 1.82) is 0 Å². The van der Waals surface area contributed by atoms with Crippen molar-refractivity contribution in [3.8, 4) is 11.3 Å². The molecule has 0 atom stereocenters. The Labute approximate surface area is 89.9 Å². The minimum absolute atomic E-state index is 0.953. The van der Waals surface area contributed by atoms with Gasteiger partial charge in [-0.2, -0.15) is 0 Å². The number of pyridine rings is 1. The van der Waals surface area contributed by atoms with Crippen LogP contribution in [-0.2, 0) is 6.54 Å². The van der Waals surface area contributed by atoms with E-state index < -0.39 is 0 Å². The number of aryl methyl sites for hydroxylation is 1. The van der Waals surface area contributed by atoms with Crippen molar-refractivity contribution in [2.75, 3.05) is 0 Å². The Morgan fingerprint density at radius 2 is 2.33 bits per heavy atom. The van der Waals surface area contributed by atoms with Crippen LogP contribution in [0.25, 0.3) is 17.3 Å². The van der Waals surface area contributed by atoms with Crippen LogP contribution in [0.3, 0.4) is 0 Å². The number of hydrogen-bond donors (Lipinski definition) is 0. The molecule has 2 heteroatoms. The number of aromatic nitrogens is 2. The third-order valence-corrected chi connectivity index (χ3v) is 2.44. The van der Waals surface area contributed by atoms with Crippen molar-refractivity contribution in [2.45, 2.75) is 13.5 Å². The highest BCUT2D eigenvalue weighted by Crippen LogP contribution is 2.20.